The third-order valence-electron chi connectivity index (χ3n) is 2.30. The van der Waals surface area contributed by atoms with Gasteiger partial charge in [-0.3, -0.25) is 4.98 Å². The molecule has 0 aliphatic carbocycles. The molecule has 1 N–H and O–H groups in total. The van der Waals surface area contributed by atoms with Crippen molar-refractivity contribution in [3.63, 3.8) is 0 Å². The summed E-state index contributed by atoms with van der Waals surface area (Å²) >= 11 is 17.6. The molecule has 0 bridgehead atoms. The lowest BCUT2D eigenvalue weighted by Gasteiger charge is -2.08. The van der Waals surface area contributed by atoms with Gasteiger partial charge in [-0.05, 0) is 18.2 Å². The van der Waals surface area contributed by atoms with Crippen LogP contribution in [-0.4, -0.2) is 10.1 Å². The van der Waals surface area contributed by atoms with E-state index in [1.165, 1.54) is 6.20 Å². The average Bonchev–Trinajstić information content (AvgIpc) is 2.32. The molecule has 0 saturated heterocycles. The minimum atomic E-state index is -0.136. The van der Waals surface area contributed by atoms with Crippen LogP contribution in [0.5, 0.6) is 0 Å². The third-order valence-corrected chi connectivity index (χ3v) is 3.24. The lowest BCUT2D eigenvalue weighted by Crippen LogP contribution is -1.93. The third kappa shape index (κ3) is 2.72. The molecule has 0 saturated carbocycles. The molecule has 0 atom stereocenters. The van der Waals surface area contributed by atoms with Crippen molar-refractivity contribution in [3.05, 3.63) is 51.1 Å². The molecular weight excluding hydrogens is 280 g/mol. The van der Waals surface area contributed by atoms with E-state index in [4.69, 9.17) is 34.8 Å². The summed E-state index contributed by atoms with van der Waals surface area (Å²) in [5, 5.41) is 10.7. The van der Waals surface area contributed by atoms with E-state index >= 15 is 0 Å². The van der Waals surface area contributed by atoms with E-state index in [0.717, 1.165) is 5.56 Å². The molecule has 1 heterocycles. The molecule has 0 spiro atoms. The highest BCUT2D eigenvalue weighted by molar-refractivity contribution is 6.42. The van der Waals surface area contributed by atoms with E-state index in [-0.39, 0.29) is 6.61 Å². The van der Waals surface area contributed by atoms with Crippen molar-refractivity contribution in [2.24, 2.45) is 0 Å². The van der Waals surface area contributed by atoms with Crippen molar-refractivity contribution in [1.82, 2.24) is 4.98 Å². The molecule has 17 heavy (non-hydrogen) atoms. The molecule has 2 rings (SSSR count). The number of aromatic nitrogens is 1. The number of halogens is 3. The number of rotatable bonds is 2. The van der Waals surface area contributed by atoms with Crippen LogP contribution < -0.4 is 0 Å². The zero-order chi connectivity index (χ0) is 12.4. The van der Waals surface area contributed by atoms with Gasteiger partial charge in [-0.25, -0.2) is 0 Å². The van der Waals surface area contributed by atoms with Crippen LogP contribution in [0.25, 0.3) is 11.3 Å². The number of pyridine rings is 1. The van der Waals surface area contributed by atoms with Crippen LogP contribution in [0.1, 0.15) is 5.56 Å². The maximum absolute atomic E-state index is 9.27. The van der Waals surface area contributed by atoms with E-state index < -0.39 is 0 Å². The summed E-state index contributed by atoms with van der Waals surface area (Å²) in [7, 11) is 0. The second kappa shape index (κ2) is 5.23. The molecule has 2 aromatic rings. The topological polar surface area (TPSA) is 33.1 Å². The van der Waals surface area contributed by atoms with E-state index in [1.54, 1.807) is 24.3 Å². The maximum atomic E-state index is 9.27. The van der Waals surface area contributed by atoms with Gasteiger partial charge in [-0.1, -0.05) is 40.9 Å². The smallest absolute Gasteiger partial charge is 0.0758 e. The molecule has 88 valence electrons. The average molecular weight is 289 g/mol. The molecule has 0 unspecified atom stereocenters. The van der Waals surface area contributed by atoms with Crippen LogP contribution in [0.15, 0.2) is 30.5 Å². The second-order valence-electron chi connectivity index (χ2n) is 3.45. The first-order valence-corrected chi connectivity index (χ1v) is 5.96. The first-order valence-electron chi connectivity index (χ1n) is 4.82. The van der Waals surface area contributed by atoms with Gasteiger partial charge in [-0.15, -0.1) is 0 Å². The molecule has 2 nitrogen and oxygen atoms in total. The van der Waals surface area contributed by atoms with E-state index in [2.05, 4.69) is 4.98 Å². The standard InChI is InChI=1S/C12H8Cl3NO/c13-9-3-8(6-17)12(16-5-9)7-1-2-10(14)11(15)4-7/h1-5,17H,6H2. The van der Waals surface area contributed by atoms with Gasteiger partial charge >= 0.3 is 0 Å². The molecule has 5 heteroatoms. The van der Waals surface area contributed by atoms with Gasteiger partial charge in [0.2, 0.25) is 0 Å². The number of aliphatic hydroxyl groups excluding tert-OH is 1. The largest absolute Gasteiger partial charge is 0.392 e. The SMILES string of the molecule is OCc1cc(Cl)cnc1-c1ccc(Cl)c(Cl)c1. The molecule has 0 fully saturated rings. The fourth-order valence-corrected chi connectivity index (χ4v) is 1.98. The Kier molecular flexibility index (Phi) is 3.89. The monoisotopic (exact) mass is 287 g/mol. The highest BCUT2D eigenvalue weighted by atomic mass is 35.5. The highest BCUT2D eigenvalue weighted by Gasteiger charge is 2.08. The lowest BCUT2D eigenvalue weighted by atomic mass is 10.1. The molecule has 1 aromatic heterocycles. The first-order chi connectivity index (χ1) is 8.11. The Hall–Kier alpha value is -0.800. The fraction of sp³-hybridized carbons (Fsp3) is 0.0833. The summed E-state index contributed by atoms with van der Waals surface area (Å²) in [5.41, 5.74) is 2.09. The Balaban J connectivity index is 2.55. The van der Waals surface area contributed by atoms with Crippen LogP contribution in [0.3, 0.4) is 0 Å². The van der Waals surface area contributed by atoms with Crippen LogP contribution in [0, 0.1) is 0 Å². The van der Waals surface area contributed by atoms with Gasteiger partial charge in [0.1, 0.15) is 0 Å². The van der Waals surface area contributed by atoms with Crippen LogP contribution >= 0.6 is 34.8 Å². The van der Waals surface area contributed by atoms with Crippen molar-refractivity contribution in [3.8, 4) is 11.3 Å². The van der Waals surface area contributed by atoms with Gasteiger partial charge in [0.15, 0.2) is 0 Å². The molecule has 0 aliphatic rings. The summed E-state index contributed by atoms with van der Waals surface area (Å²) in [5.74, 6) is 0. The fourth-order valence-electron chi connectivity index (χ4n) is 1.51. The summed E-state index contributed by atoms with van der Waals surface area (Å²) in [4.78, 5) is 4.20. The molecular formula is C12H8Cl3NO. The van der Waals surface area contributed by atoms with E-state index in [9.17, 15) is 5.11 Å². The van der Waals surface area contributed by atoms with Crippen molar-refractivity contribution < 1.29 is 5.11 Å². The molecule has 1 aromatic carbocycles. The maximum Gasteiger partial charge on any atom is 0.0758 e. The zero-order valence-electron chi connectivity index (χ0n) is 8.62. The summed E-state index contributed by atoms with van der Waals surface area (Å²) in [6.07, 6.45) is 1.53. The van der Waals surface area contributed by atoms with Gasteiger partial charge in [0, 0.05) is 17.3 Å². The van der Waals surface area contributed by atoms with Gasteiger partial charge in [0.05, 0.1) is 27.4 Å². The Morgan fingerprint density at radius 2 is 1.82 bits per heavy atom. The number of nitrogens with zero attached hydrogens (tertiary/aromatic N) is 1. The molecule has 0 amide bonds. The van der Waals surface area contributed by atoms with Crippen LogP contribution in [-0.2, 0) is 6.61 Å². The Morgan fingerprint density at radius 3 is 2.47 bits per heavy atom. The van der Waals surface area contributed by atoms with Crippen LogP contribution in [0.2, 0.25) is 15.1 Å². The zero-order valence-corrected chi connectivity index (χ0v) is 10.9. The number of hydrogen-bond donors (Lipinski definition) is 1. The summed E-state index contributed by atoms with van der Waals surface area (Å²) < 4.78 is 0. The minimum absolute atomic E-state index is 0.136. The Morgan fingerprint density at radius 1 is 1.06 bits per heavy atom. The van der Waals surface area contributed by atoms with Crippen molar-refractivity contribution in [1.29, 1.82) is 0 Å². The molecule has 0 radical (unpaired) electrons. The summed E-state index contributed by atoms with van der Waals surface area (Å²) in [6, 6.07) is 6.87. The van der Waals surface area contributed by atoms with Gasteiger partial charge in [0.25, 0.3) is 0 Å². The van der Waals surface area contributed by atoms with Gasteiger partial charge in [-0.2, -0.15) is 0 Å². The van der Waals surface area contributed by atoms with Crippen LogP contribution in [0.4, 0.5) is 0 Å². The lowest BCUT2D eigenvalue weighted by molar-refractivity contribution is 0.282. The van der Waals surface area contributed by atoms with Crippen molar-refractivity contribution in [2.75, 3.05) is 0 Å². The number of benzene rings is 1. The van der Waals surface area contributed by atoms with E-state index in [0.29, 0.717) is 26.3 Å². The number of hydrogen-bond acceptors (Lipinski definition) is 2. The van der Waals surface area contributed by atoms with Crippen molar-refractivity contribution >= 4 is 34.8 Å². The highest BCUT2D eigenvalue weighted by Crippen LogP contribution is 2.30. The van der Waals surface area contributed by atoms with Gasteiger partial charge < -0.3 is 5.11 Å². The minimum Gasteiger partial charge on any atom is -0.392 e. The second-order valence-corrected chi connectivity index (χ2v) is 4.70. The van der Waals surface area contributed by atoms with E-state index in [1.807, 2.05) is 0 Å². The predicted molar refractivity (Wildman–Crippen MR) is 70.6 cm³/mol. The Bertz CT molecular complexity index is 557. The van der Waals surface area contributed by atoms with Crippen molar-refractivity contribution in [2.45, 2.75) is 6.61 Å². The normalized spacial score (nSPS) is 10.6. The first kappa shape index (κ1) is 12.7. The summed E-state index contributed by atoms with van der Waals surface area (Å²) in [6.45, 7) is -0.136. The quantitative estimate of drug-likeness (QED) is 0.898. The molecule has 0 aliphatic heterocycles. The predicted octanol–water partition coefficient (Wildman–Crippen LogP) is 4.20. The Labute approximate surface area is 114 Å². The number of aliphatic hydroxyl groups is 1.